The molecule has 0 radical (unpaired) electrons. The number of thioether (sulfide) groups is 1. The fraction of sp³-hybridized carbons (Fsp3) is 0.500. The first-order valence-electron chi connectivity index (χ1n) is 4.83. The van der Waals surface area contributed by atoms with Gasteiger partial charge < -0.3 is 5.11 Å². The highest BCUT2D eigenvalue weighted by molar-refractivity contribution is 8.00. The van der Waals surface area contributed by atoms with Gasteiger partial charge in [0.25, 0.3) is 0 Å². The summed E-state index contributed by atoms with van der Waals surface area (Å²) in [6.45, 7) is 1.66. The van der Waals surface area contributed by atoms with Gasteiger partial charge in [-0.15, -0.1) is 11.8 Å². The zero-order chi connectivity index (χ0) is 12.2. The summed E-state index contributed by atoms with van der Waals surface area (Å²) in [6, 6.07) is 3.54. The van der Waals surface area contributed by atoms with Gasteiger partial charge in [-0.05, 0) is 13.0 Å². The maximum absolute atomic E-state index is 11.0. The van der Waals surface area contributed by atoms with Gasteiger partial charge in [0.05, 0.1) is 11.9 Å². The zero-order valence-electron chi connectivity index (χ0n) is 9.25. The normalized spacial score (nSPS) is 13.7. The van der Waals surface area contributed by atoms with Crippen LogP contribution in [0.25, 0.3) is 0 Å². The lowest BCUT2D eigenvalue weighted by Gasteiger charge is -2.09. The van der Waals surface area contributed by atoms with Gasteiger partial charge in [0.15, 0.2) is 0 Å². The number of nitrogens with zero attached hydrogens (tertiary/aromatic N) is 1. The summed E-state index contributed by atoms with van der Waals surface area (Å²) < 4.78 is 21.9. The molecule has 1 rings (SSSR count). The number of aromatic nitrogens is 1. The topological polar surface area (TPSA) is 67.3 Å². The summed E-state index contributed by atoms with van der Waals surface area (Å²) in [7, 11) is -2.94. The molecule has 1 heterocycles. The van der Waals surface area contributed by atoms with Gasteiger partial charge in [-0.25, -0.2) is 13.4 Å². The van der Waals surface area contributed by atoms with Crippen molar-refractivity contribution in [1.29, 1.82) is 0 Å². The number of aliphatic hydroxyl groups excluding tert-OH is 1. The number of sulfone groups is 1. The minimum atomic E-state index is -2.94. The van der Waals surface area contributed by atoms with E-state index < -0.39 is 15.9 Å². The Labute approximate surface area is 100 Å². The highest BCUT2D eigenvalue weighted by Gasteiger charge is 2.10. The van der Waals surface area contributed by atoms with E-state index in [2.05, 4.69) is 4.98 Å². The van der Waals surface area contributed by atoms with E-state index in [9.17, 15) is 13.5 Å². The Morgan fingerprint density at radius 2 is 2.25 bits per heavy atom. The Morgan fingerprint density at radius 1 is 1.56 bits per heavy atom. The Hall–Kier alpha value is -0.590. The van der Waals surface area contributed by atoms with Crippen molar-refractivity contribution in [3.05, 3.63) is 23.9 Å². The Bertz CT molecular complexity index is 443. The van der Waals surface area contributed by atoms with Crippen LogP contribution < -0.4 is 0 Å². The van der Waals surface area contributed by atoms with Crippen LogP contribution in [0.3, 0.4) is 0 Å². The van der Waals surface area contributed by atoms with Gasteiger partial charge >= 0.3 is 0 Å². The molecule has 0 saturated heterocycles. The largest absolute Gasteiger partial charge is 0.389 e. The Kier molecular flexibility index (Phi) is 4.76. The van der Waals surface area contributed by atoms with E-state index in [0.29, 0.717) is 10.8 Å². The van der Waals surface area contributed by atoms with Crippen molar-refractivity contribution in [2.75, 3.05) is 17.8 Å². The molecule has 1 N–H and O–H groups in total. The van der Waals surface area contributed by atoms with Gasteiger partial charge in [-0.2, -0.15) is 0 Å². The second-order valence-corrected chi connectivity index (χ2v) is 6.90. The maximum Gasteiger partial charge on any atom is 0.148 e. The molecule has 0 aliphatic rings. The molecule has 0 unspecified atom stereocenters. The molecule has 0 bridgehead atoms. The molecule has 0 spiro atoms. The van der Waals surface area contributed by atoms with Gasteiger partial charge in [-0.3, -0.25) is 0 Å². The third-order valence-corrected chi connectivity index (χ3v) is 4.17. The summed E-state index contributed by atoms with van der Waals surface area (Å²) in [5.41, 5.74) is 0.737. The van der Waals surface area contributed by atoms with Crippen molar-refractivity contribution in [2.45, 2.75) is 18.1 Å². The highest BCUT2D eigenvalue weighted by Crippen LogP contribution is 2.24. The third kappa shape index (κ3) is 4.51. The fourth-order valence-electron chi connectivity index (χ4n) is 1.13. The molecular formula is C10H15NO3S2. The first kappa shape index (κ1) is 13.5. The van der Waals surface area contributed by atoms with Crippen LogP contribution in [0, 0.1) is 0 Å². The predicted octanol–water partition coefficient (Wildman–Crippen LogP) is 1.27. The third-order valence-electron chi connectivity index (χ3n) is 1.94. The molecule has 0 saturated carbocycles. The average Bonchev–Trinajstić information content (AvgIpc) is 2.16. The minimum absolute atomic E-state index is 0.119. The molecule has 1 aromatic heterocycles. The number of hydrogen-bond acceptors (Lipinski definition) is 5. The summed E-state index contributed by atoms with van der Waals surface area (Å²) in [5.74, 6) is 0.572. The van der Waals surface area contributed by atoms with Crippen molar-refractivity contribution < 1.29 is 13.5 Å². The van der Waals surface area contributed by atoms with Crippen LogP contribution >= 0.6 is 11.8 Å². The predicted molar refractivity (Wildman–Crippen MR) is 65.3 cm³/mol. The quantitative estimate of drug-likeness (QED) is 0.809. The molecule has 1 aromatic rings. The number of rotatable bonds is 5. The number of aliphatic hydroxyl groups is 1. The monoisotopic (exact) mass is 261 g/mol. The van der Waals surface area contributed by atoms with Crippen molar-refractivity contribution >= 4 is 21.6 Å². The van der Waals surface area contributed by atoms with Gasteiger partial charge in [0, 0.05) is 23.8 Å². The molecule has 6 heteroatoms. The van der Waals surface area contributed by atoms with Gasteiger partial charge in [0.2, 0.25) is 0 Å². The minimum Gasteiger partial charge on any atom is -0.389 e. The standard InChI is InChI=1S/C10H15NO3S2/c1-8(12)9-4-3-5-11-10(9)15-6-7-16(2,13)14/h3-5,8,12H,6-7H2,1-2H3/t8-/m1/s1. The molecule has 0 amide bonds. The van der Waals surface area contributed by atoms with Crippen LogP contribution in [-0.4, -0.2) is 36.3 Å². The zero-order valence-corrected chi connectivity index (χ0v) is 10.9. The molecule has 1 atom stereocenters. The van der Waals surface area contributed by atoms with Crippen LogP contribution in [0.1, 0.15) is 18.6 Å². The Balaban J connectivity index is 2.67. The fourth-order valence-corrected chi connectivity index (χ4v) is 3.41. The van der Waals surface area contributed by atoms with Gasteiger partial charge in [0.1, 0.15) is 14.9 Å². The van der Waals surface area contributed by atoms with Crippen molar-refractivity contribution in [1.82, 2.24) is 4.98 Å². The first-order chi connectivity index (χ1) is 7.40. The molecule has 90 valence electrons. The summed E-state index contributed by atoms with van der Waals surface area (Å²) in [6.07, 6.45) is 2.25. The summed E-state index contributed by atoms with van der Waals surface area (Å²) >= 11 is 1.35. The highest BCUT2D eigenvalue weighted by atomic mass is 32.2. The lowest BCUT2D eigenvalue weighted by atomic mass is 10.2. The first-order valence-corrected chi connectivity index (χ1v) is 7.88. The van der Waals surface area contributed by atoms with E-state index >= 15 is 0 Å². The van der Waals surface area contributed by atoms with E-state index in [0.717, 1.165) is 5.56 Å². The molecule has 16 heavy (non-hydrogen) atoms. The van der Waals surface area contributed by atoms with Crippen molar-refractivity contribution in [2.24, 2.45) is 0 Å². The van der Waals surface area contributed by atoms with Crippen LogP contribution in [0.5, 0.6) is 0 Å². The van der Waals surface area contributed by atoms with Crippen LogP contribution in [0.2, 0.25) is 0 Å². The Morgan fingerprint density at radius 3 is 2.81 bits per heavy atom. The smallest absolute Gasteiger partial charge is 0.148 e. The number of hydrogen-bond donors (Lipinski definition) is 1. The molecule has 4 nitrogen and oxygen atoms in total. The molecular weight excluding hydrogens is 246 g/mol. The number of pyridine rings is 1. The summed E-state index contributed by atoms with van der Waals surface area (Å²) in [4.78, 5) is 4.13. The maximum atomic E-state index is 11.0. The lowest BCUT2D eigenvalue weighted by Crippen LogP contribution is -2.06. The molecule has 0 aromatic carbocycles. The van der Waals surface area contributed by atoms with Crippen molar-refractivity contribution in [3.63, 3.8) is 0 Å². The van der Waals surface area contributed by atoms with E-state index in [4.69, 9.17) is 0 Å². The lowest BCUT2D eigenvalue weighted by molar-refractivity contribution is 0.195. The SMILES string of the molecule is C[C@@H](O)c1cccnc1SCCS(C)(=O)=O. The molecule has 0 fully saturated rings. The van der Waals surface area contributed by atoms with Crippen LogP contribution in [0.15, 0.2) is 23.4 Å². The van der Waals surface area contributed by atoms with Crippen LogP contribution in [0.4, 0.5) is 0 Å². The van der Waals surface area contributed by atoms with E-state index in [1.807, 2.05) is 0 Å². The van der Waals surface area contributed by atoms with Gasteiger partial charge in [-0.1, -0.05) is 6.07 Å². The molecule has 0 aliphatic carbocycles. The van der Waals surface area contributed by atoms with E-state index in [1.165, 1.54) is 18.0 Å². The average molecular weight is 261 g/mol. The summed E-state index contributed by atoms with van der Waals surface area (Å²) in [5, 5.41) is 10.2. The molecule has 0 aliphatic heterocycles. The second kappa shape index (κ2) is 5.65. The van der Waals surface area contributed by atoms with Crippen LogP contribution in [-0.2, 0) is 9.84 Å². The van der Waals surface area contributed by atoms with E-state index in [1.54, 1.807) is 25.3 Å². The van der Waals surface area contributed by atoms with Crippen molar-refractivity contribution in [3.8, 4) is 0 Å². The van der Waals surface area contributed by atoms with E-state index in [-0.39, 0.29) is 5.75 Å². The second-order valence-electron chi connectivity index (χ2n) is 3.55.